The molecule has 0 radical (unpaired) electrons. The zero-order valence-corrected chi connectivity index (χ0v) is 17.9. The third kappa shape index (κ3) is 5.23. The van der Waals surface area contributed by atoms with E-state index in [4.69, 9.17) is 9.47 Å². The first-order valence-electron chi connectivity index (χ1n) is 10.1. The normalized spacial score (nSPS) is 14.2. The first kappa shape index (κ1) is 22.8. The SMILES string of the molecule is COc1ccc(C(=O)N2CCC(C(=O)N/N=C\c3ccccc3C(=O)O)CC2)cc1OC. The van der Waals surface area contributed by atoms with Crippen LogP contribution in [0, 0.1) is 5.92 Å². The van der Waals surface area contributed by atoms with Crippen molar-refractivity contribution in [2.45, 2.75) is 12.8 Å². The summed E-state index contributed by atoms with van der Waals surface area (Å²) in [5, 5.41) is 13.1. The van der Waals surface area contributed by atoms with Crippen LogP contribution in [0.5, 0.6) is 11.5 Å². The number of ether oxygens (including phenoxy) is 2. The second kappa shape index (κ2) is 10.4. The summed E-state index contributed by atoms with van der Waals surface area (Å²) in [5.74, 6) is -0.706. The molecule has 9 heteroatoms. The van der Waals surface area contributed by atoms with Crippen molar-refractivity contribution in [2.24, 2.45) is 11.0 Å². The van der Waals surface area contributed by atoms with Crippen molar-refractivity contribution in [3.8, 4) is 11.5 Å². The highest BCUT2D eigenvalue weighted by molar-refractivity contribution is 5.98. The molecule has 2 N–H and O–H groups in total. The van der Waals surface area contributed by atoms with E-state index in [2.05, 4.69) is 10.5 Å². The molecule has 2 aromatic carbocycles. The first-order valence-corrected chi connectivity index (χ1v) is 10.1. The van der Waals surface area contributed by atoms with Crippen molar-refractivity contribution in [1.82, 2.24) is 10.3 Å². The maximum atomic E-state index is 12.8. The van der Waals surface area contributed by atoms with E-state index in [1.165, 1.54) is 26.5 Å². The number of carbonyl (C=O) groups excluding carboxylic acids is 2. The van der Waals surface area contributed by atoms with Crippen LogP contribution in [0.4, 0.5) is 0 Å². The number of aromatic carboxylic acids is 1. The van der Waals surface area contributed by atoms with Crippen LogP contribution >= 0.6 is 0 Å². The van der Waals surface area contributed by atoms with Crippen molar-refractivity contribution in [3.63, 3.8) is 0 Å². The number of amides is 2. The van der Waals surface area contributed by atoms with Crippen LogP contribution in [0.15, 0.2) is 47.6 Å². The van der Waals surface area contributed by atoms with Gasteiger partial charge in [0, 0.05) is 30.1 Å². The molecule has 1 heterocycles. The lowest BCUT2D eigenvalue weighted by molar-refractivity contribution is -0.126. The Kier molecular flexibility index (Phi) is 7.43. The van der Waals surface area contributed by atoms with E-state index in [9.17, 15) is 19.5 Å². The van der Waals surface area contributed by atoms with Crippen LogP contribution in [0.1, 0.15) is 39.1 Å². The maximum Gasteiger partial charge on any atom is 0.336 e. The Balaban J connectivity index is 1.55. The van der Waals surface area contributed by atoms with E-state index >= 15 is 0 Å². The van der Waals surface area contributed by atoms with Crippen LogP contribution < -0.4 is 14.9 Å². The fraction of sp³-hybridized carbons (Fsp3) is 0.304. The number of carboxylic acids is 1. The van der Waals surface area contributed by atoms with Crippen LogP contribution in [0.3, 0.4) is 0 Å². The van der Waals surface area contributed by atoms with E-state index in [0.29, 0.717) is 48.6 Å². The Hall–Kier alpha value is -3.88. The van der Waals surface area contributed by atoms with Crippen LogP contribution in [-0.2, 0) is 4.79 Å². The number of hydrogen-bond donors (Lipinski definition) is 2. The molecule has 168 valence electrons. The van der Waals surface area contributed by atoms with Crippen molar-refractivity contribution < 1.29 is 29.0 Å². The molecule has 0 unspecified atom stereocenters. The molecule has 9 nitrogen and oxygen atoms in total. The summed E-state index contributed by atoms with van der Waals surface area (Å²) in [7, 11) is 3.04. The number of carbonyl (C=O) groups is 3. The molecular formula is C23H25N3O6. The number of nitrogens with zero attached hydrogens (tertiary/aromatic N) is 2. The van der Waals surface area contributed by atoms with E-state index in [-0.39, 0.29) is 23.3 Å². The average Bonchev–Trinajstić information content (AvgIpc) is 2.83. The quantitative estimate of drug-likeness (QED) is 0.505. The van der Waals surface area contributed by atoms with Crippen molar-refractivity contribution in [2.75, 3.05) is 27.3 Å². The summed E-state index contributed by atoms with van der Waals surface area (Å²) in [6.45, 7) is 0.883. The second-order valence-corrected chi connectivity index (χ2v) is 7.26. The molecule has 0 spiro atoms. The van der Waals surface area contributed by atoms with Gasteiger partial charge >= 0.3 is 5.97 Å². The highest BCUT2D eigenvalue weighted by atomic mass is 16.5. The zero-order valence-electron chi connectivity index (χ0n) is 17.9. The summed E-state index contributed by atoms with van der Waals surface area (Å²) in [5.41, 5.74) is 3.47. The number of hydrogen-bond acceptors (Lipinski definition) is 6. The van der Waals surface area contributed by atoms with Gasteiger partial charge < -0.3 is 19.5 Å². The molecule has 1 aliphatic rings. The van der Waals surface area contributed by atoms with Crippen LogP contribution in [0.2, 0.25) is 0 Å². The topological polar surface area (TPSA) is 118 Å². The van der Waals surface area contributed by atoms with Gasteiger partial charge in [0.05, 0.1) is 26.0 Å². The monoisotopic (exact) mass is 439 g/mol. The summed E-state index contributed by atoms with van der Waals surface area (Å²) in [6, 6.07) is 11.4. The maximum absolute atomic E-state index is 12.8. The summed E-state index contributed by atoms with van der Waals surface area (Å²) in [6.07, 6.45) is 2.33. The van der Waals surface area contributed by atoms with Crippen molar-refractivity contribution in [1.29, 1.82) is 0 Å². The lowest BCUT2D eigenvalue weighted by Gasteiger charge is -2.31. The molecule has 1 aliphatic heterocycles. The standard InChI is InChI=1S/C23H25N3O6/c1-31-19-8-7-16(13-20(19)32-2)22(28)26-11-9-15(10-12-26)21(27)25-24-14-17-5-3-4-6-18(17)23(29)30/h3-8,13-15H,9-12H2,1-2H3,(H,25,27)(H,29,30)/b24-14-. The number of benzene rings is 2. The van der Waals surface area contributed by atoms with Gasteiger partial charge in [0.25, 0.3) is 5.91 Å². The molecule has 2 aromatic rings. The van der Waals surface area contributed by atoms with Gasteiger partial charge in [-0.1, -0.05) is 18.2 Å². The van der Waals surface area contributed by atoms with Gasteiger partial charge in [0.1, 0.15) is 0 Å². The van der Waals surface area contributed by atoms with E-state index in [0.717, 1.165) is 0 Å². The third-order valence-electron chi connectivity index (χ3n) is 5.35. The van der Waals surface area contributed by atoms with Gasteiger partial charge in [-0.3, -0.25) is 9.59 Å². The molecule has 0 bridgehead atoms. The molecule has 1 fully saturated rings. The highest BCUT2D eigenvalue weighted by Crippen LogP contribution is 2.29. The minimum absolute atomic E-state index is 0.104. The third-order valence-corrected chi connectivity index (χ3v) is 5.35. The van der Waals surface area contributed by atoms with Crippen LogP contribution in [0.25, 0.3) is 0 Å². The van der Waals surface area contributed by atoms with Gasteiger partial charge in [-0.2, -0.15) is 5.10 Å². The number of carboxylic acid groups (broad SMARTS) is 1. The molecule has 0 aromatic heterocycles. The molecule has 32 heavy (non-hydrogen) atoms. The highest BCUT2D eigenvalue weighted by Gasteiger charge is 2.28. The Labute approximate surface area is 185 Å². The molecular weight excluding hydrogens is 414 g/mol. The molecule has 0 atom stereocenters. The molecule has 0 aliphatic carbocycles. The minimum Gasteiger partial charge on any atom is -0.493 e. The van der Waals surface area contributed by atoms with Crippen molar-refractivity contribution >= 4 is 24.0 Å². The number of methoxy groups -OCH3 is 2. The number of nitrogens with one attached hydrogen (secondary N) is 1. The Morgan fingerprint density at radius 1 is 1.06 bits per heavy atom. The largest absolute Gasteiger partial charge is 0.493 e. The summed E-state index contributed by atoms with van der Waals surface area (Å²) >= 11 is 0. The predicted molar refractivity (Wildman–Crippen MR) is 117 cm³/mol. The van der Waals surface area contributed by atoms with Crippen LogP contribution in [-0.4, -0.2) is 61.3 Å². The predicted octanol–water partition coefficient (Wildman–Crippen LogP) is 2.40. The second-order valence-electron chi connectivity index (χ2n) is 7.26. The van der Waals surface area contributed by atoms with Gasteiger partial charge in [-0.15, -0.1) is 0 Å². The lowest BCUT2D eigenvalue weighted by Crippen LogP contribution is -2.42. The first-order chi connectivity index (χ1) is 15.4. The molecule has 2 amide bonds. The summed E-state index contributed by atoms with van der Waals surface area (Å²) in [4.78, 5) is 38.2. The van der Waals surface area contributed by atoms with E-state index in [1.807, 2.05) is 0 Å². The smallest absolute Gasteiger partial charge is 0.336 e. The fourth-order valence-electron chi connectivity index (χ4n) is 3.56. The van der Waals surface area contributed by atoms with Crippen molar-refractivity contribution in [3.05, 3.63) is 59.2 Å². The molecule has 3 rings (SSSR count). The van der Waals surface area contributed by atoms with Gasteiger partial charge in [0.15, 0.2) is 11.5 Å². The number of piperidine rings is 1. The van der Waals surface area contributed by atoms with E-state index < -0.39 is 5.97 Å². The molecule has 0 saturated carbocycles. The Morgan fingerprint density at radius 3 is 2.41 bits per heavy atom. The molecule has 1 saturated heterocycles. The minimum atomic E-state index is -1.06. The lowest BCUT2D eigenvalue weighted by atomic mass is 9.95. The average molecular weight is 439 g/mol. The Bertz CT molecular complexity index is 1030. The number of rotatable bonds is 7. The fourth-order valence-corrected chi connectivity index (χ4v) is 3.56. The van der Waals surface area contributed by atoms with Gasteiger partial charge in [0.2, 0.25) is 5.91 Å². The number of hydrazone groups is 1. The summed E-state index contributed by atoms with van der Waals surface area (Å²) < 4.78 is 10.5. The van der Waals surface area contributed by atoms with Gasteiger partial charge in [-0.25, -0.2) is 10.2 Å². The van der Waals surface area contributed by atoms with E-state index in [1.54, 1.807) is 41.3 Å². The van der Waals surface area contributed by atoms with Gasteiger partial charge in [-0.05, 0) is 37.1 Å². The number of likely N-dealkylation sites (tertiary alicyclic amines) is 1. The Morgan fingerprint density at radius 2 is 1.75 bits per heavy atom. The zero-order chi connectivity index (χ0) is 23.1.